The molecule has 25 heavy (non-hydrogen) atoms. The fourth-order valence-corrected chi connectivity index (χ4v) is 4.18. The van der Waals surface area contributed by atoms with E-state index < -0.39 is 29.4 Å². The Balaban J connectivity index is 2.11. The molecule has 2 saturated heterocycles. The molecule has 2 fully saturated rings. The third kappa shape index (κ3) is 2.47. The summed E-state index contributed by atoms with van der Waals surface area (Å²) < 4.78 is 5.22. The lowest BCUT2D eigenvalue weighted by Gasteiger charge is -2.29. The van der Waals surface area contributed by atoms with E-state index >= 15 is 0 Å². The molecule has 0 radical (unpaired) electrons. The van der Waals surface area contributed by atoms with Crippen LogP contribution in [-0.2, 0) is 19.1 Å². The van der Waals surface area contributed by atoms with E-state index in [1.165, 1.54) is 4.90 Å². The van der Waals surface area contributed by atoms with Gasteiger partial charge in [-0.2, -0.15) is 0 Å². The molecule has 6 nitrogen and oxygen atoms in total. The van der Waals surface area contributed by atoms with E-state index in [-0.39, 0.29) is 18.4 Å². The number of esters is 1. The molecule has 4 atom stereocenters. The van der Waals surface area contributed by atoms with Crippen LogP contribution in [0.5, 0.6) is 0 Å². The molecule has 2 heterocycles. The molecule has 0 saturated carbocycles. The number of fused-ring (bicyclic) bond motifs is 1. The zero-order valence-electron chi connectivity index (χ0n) is 15.0. The van der Waals surface area contributed by atoms with Crippen LogP contribution in [0.15, 0.2) is 24.3 Å². The van der Waals surface area contributed by atoms with Gasteiger partial charge in [0, 0.05) is 12.6 Å². The van der Waals surface area contributed by atoms with Crippen molar-refractivity contribution < 1.29 is 19.1 Å². The SMILES string of the molecule is CCOC(=O)[C@]1(C)N[C@H](c2ccccc2C)[C@@H]2C(=O)N(CC)C(=O)[C@H]21. The normalized spacial score (nSPS) is 31.4. The van der Waals surface area contributed by atoms with E-state index in [9.17, 15) is 14.4 Å². The zero-order valence-corrected chi connectivity index (χ0v) is 15.0. The number of carbonyl (C=O) groups is 3. The van der Waals surface area contributed by atoms with Gasteiger partial charge in [-0.1, -0.05) is 24.3 Å². The number of nitrogens with one attached hydrogen (secondary N) is 1. The predicted molar refractivity (Wildman–Crippen MR) is 91.5 cm³/mol. The Kier molecular flexibility index (Phi) is 4.41. The molecular formula is C19H24N2O4. The minimum atomic E-state index is -1.22. The summed E-state index contributed by atoms with van der Waals surface area (Å²) in [5.41, 5.74) is 0.733. The summed E-state index contributed by atoms with van der Waals surface area (Å²) in [6, 6.07) is 7.33. The summed E-state index contributed by atoms with van der Waals surface area (Å²) in [6.45, 7) is 7.67. The van der Waals surface area contributed by atoms with E-state index in [2.05, 4.69) is 5.32 Å². The van der Waals surface area contributed by atoms with Crippen molar-refractivity contribution >= 4 is 17.8 Å². The highest BCUT2D eigenvalue weighted by Crippen LogP contribution is 2.49. The van der Waals surface area contributed by atoms with Crippen molar-refractivity contribution in [2.75, 3.05) is 13.2 Å². The molecule has 2 amide bonds. The fraction of sp³-hybridized carbons (Fsp3) is 0.526. The standard InChI is InChI=1S/C19H24N2O4/c1-5-21-16(22)13-14(17(21)23)19(4,18(24)25-6-2)20-15(13)12-10-8-7-9-11(12)3/h7-10,13-15,20H,5-6H2,1-4H3/t13-,14+,15-,19-/m1/s1. The summed E-state index contributed by atoms with van der Waals surface area (Å²) in [7, 11) is 0. The molecule has 0 unspecified atom stereocenters. The first-order chi connectivity index (χ1) is 11.9. The lowest BCUT2D eigenvalue weighted by Crippen LogP contribution is -2.54. The van der Waals surface area contributed by atoms with Crippen LogP contribution in [0.4, 0.5) is 0 Å². The number of benzene rings is 1. The third-order valence-electron chi connectivity index (χ3n) is 5.42. The van der Waals surface area contributed by atoms with Gasteiger partial charge >= 0.3 is 5.97 Å². The van der Waals surface area contributed by atoms with Crippen LogP contribution >= 0.6 is 0 Å². The summed E-state index contributed by atoms with van der Waals surface area (Å²) in [5.74, 6) is -2.34. The van der Waals surface area contributed by atoms with Crippen molar-refractivity contribution in [3.8, 4) is 0 Å². The van der Waals surface area contributed by atoms with Gasteiger partial charge in [0.2, 0.25) is 11.8 Å². The molecule has 1 aromatic carbocycles. The maximum atomic E-state index is 12.9. The number of nitrogens with zero attached hydrogens (tertiary/aromatic N) is 1. The molecule has 2 aliphatic rings. The smallest absolute Gasteiger partial charge is 0.326 e. The lowest BCUT2D eigenvalue weighted by molar-refractivity contribution is -0.155. The Morgan fingerprint density at radius 2 is 1.92 bits per heavy atom. The maximum absolute atomic E-state index is 12.9. The first-order valence-electron chi connectivity index (χ1n) is 8.72. The summed E-state index contributed by atoms with van der Waals surface area (Å²) in [4.78, 5) is 39.7. The number of imide groups is 1. The molecule has 3 rings (SSSR count). The predicted octanol–water partition coefficient (Wildman–Crippen LogP) is 1.58. The monoisotopic (exact) mass is 344 g/mol. The van der Waals surface area contributed by atoms with E-state index in [4.69, 9.17) is 4.74 Å². The number of carbonyl (C=O) groups excluding carboxylic acids is 3. The minimum absolute atomic E-state index is 0.216. The average Bonchev–Trinajstić information content (AvgIpc) is 3.03. The van der Waals surface area contributed by atoms with E-state index in [0.717, 1.165) is 11.1 Å². The first kappa shape index (κ1) is 17.6. The highest BCUT2D eigenvalue weighted by molar-refractivity contribution is 6.09. The van der Waals surface area contributed by atoms with Crippen LogP contribution in [0, 0.1) is 18.8 Å². The highest BCUT2D eigenvalue weighted by atomic mass is 16.5. The minimum Gasteiger partial charge on any atom is -0.465 e. The number of rotatable bonds is 4. The van der Waals surface area contributed by atoms with Gasteiger partial charge in [0.05, 0.1) is 18.4 Å². The van der Waals surface area contributed by atoms with Gasteiger partial charge in [-0.15, -0.1) is 0 Å². The van der Waals surface area contributed by atoms with Crippen LogP contribution in [-0.4, -0.2) is 41.4 Å². The number of amides is 2. The lowest BCUT2D eigenvalue weighted by atomic mass is 9.80. The number of ether oxygens (including phenoxy) is 1. The van der Waals surface area contributed by atoms with Crippen molar-refractivity contribution in [1.29, 1.82) is 0 Å². The second kappa shape index (κ2) is 6.26. The first-order valence-corrected chi connectivity index (χ1v) is 8.72. The Bertz CT molecular complexity index is 732. The van der Waals surface area contributed by atoms with Gasteiger partial charge in [-0.05, 0) is 38.8 Å². The molecule has 6 heteroatoms. The number of likely N-dealkylation sites (tertiary alicyclic amines) is 1. The largest absolute Gasteiger partial charge is 0.465 e. The van der Waals surface area contributed by atoms with Crippen LogP contribution in [0.1, 0.15) is 37.9 Å². The second-order valence-electron chi connectivity index (χ2n) is 6.83. The maximum Gasteiger partial charge on any atom is 0.326 e. The topological polar surface area (TPSA) is 75.7 Å². The van der Waals surface area contributed by atoms with Crippen molar-refractivity contribution in [2.24, 2.45) is 11.8 Å². The van der Waals surface area contributed by atoms with E-state index in [1.54, 1.807) is 20.8 Å². The molecule has 0 aromatic heterocycles. The van der Waals surface area contributed by atoms with Gasteiger partial charge in [-0.3, -0.25) is 24.6 Å². The van der Waals surface area contributed by atoms with Crippen molar-refractivity contribution in [1.82, 2.24) is 10.2 Å². The van der Waals surface area contributed by atoms with Crippen LogP contribution in [0.25, 0.3) is 0 Å². The van der Waals surface area contributed by atoms with Crippen LogP contribution in [0.2, 0.25) is 0 Å². The van der Waals surface area contributed by atoms with Crippen molar-refractivity contribution in [3.63, 3.8) is 0 Å². The number of aryl methyl sites for hydroxylation is 1. The Hall–Kier alpha value is -2.21. The average molecular weight is 344 g/mol. The van der Waals surface area contributed by atoms with Crippen LogP contribution < -0.4 is 5.32 Å². The number of hydrogen-bond acceptors (Lipinski definition) is 5. The molecule has 0 bridgehead atoms. The molecule has 0 aliphatic carbocycles. The molecule has 1 N–H and O–H groups in total. The Labute approximate surface area is 147 Å². The van der Waals surface area contributed by atoms with Crippen molar-refractivity contribution in [3.05, 3.63) is 35.4 Å². The molecular weight excluding hydrogens is 320 g/mol. The van der Waals surface area contributed by atoms with Gasteiger partial charge < -0.3 is 4.74 Å². The molecule has 2 aliphatic heterocycles. The fourth-order valence-electron chi connectivity index (χ4n) is 4.18. The van der Waals surface area contributed by atoms with Crippen molar-refractivity contribution in [2.45, 2.75) is 39.3 Å². The zero-order chi connectivity index (χ0) is 18.4. The molecule has 134 valence electrons. The van der Waals surface area contributed by atoms with Gasteiger partial charge in [0.25, 0.3) is 0 Å². The number of hydrogen-bond donors (Lipinski definition) is 1. The molecule has 1 aromatic rings. The Morgan fingerprint density at radius 1 is 1.24 bits per heavy atom. The van der Waals surface area contributed by atoms with Crippen LogP contribution in [0.3, 0.4) is 0 Å². The van der Waals surface area contributed by atoms with Gasteiger partial charge in [0.15, 0.2) is 0 Å². The van der Waals surface area contributed by atoms with E-state index in [0.29, 0.717) is 6.54 Å². The summed E-state index contributed by atoms with van der Waals surface area (Å²) in [6.07, 6.45) is 0. The van der Waals surface area contributed by atoms with Gasteiger partial charge in [0.1, 0.15) is 5.54 Å². The second-order valence-corrected chi connectivity index (χ2v) is 6.83. The highest BCUT2D eigenvalue weighted by Gasteiger charge is 2.66. The summed E-state index contributed by atoms with van der Waals surface area (Å²) in [5, 5.41) is 3.27. The van der Waals surface area contributed by atoms with E-state index in [1.807, 2.05) is 31.2 Å². The quantitative estimate of drug-likeness (QED) is 0.663. The van der Waals surface area contributed by atoms with Gasteiger partial charge in [-0.25, -0.2) is 0 Å². The third-order valence-corrected chi connectivity index (χ3v) is 5.42. The Morgan fingerprint density at radius 3 is 2.52 bits per heavy atom. The summed E-state index contributed by atoms with van der Waals surface area (Å²) >= 11 is 0. The molecule has 0 spiro atoms.